The summed E-state index contributed by atoms with van der Waals surface area (Å²) in [6.45, 7) is 2.29. The van der Waals surface area contributed by atoms with E-state index in [1.54, 1.807) is 0 Å². The van der Waals surface area contributed by atoms with Gasteiger partial charge in [-0.05, 0) is 6.42 Å². The van der Waals surface area contributed by atoms with Crippen molar-refractivity contribution < 1.29 is 22.5 Å². The summed E-state index contributed by atoms with van der Waals surface area (Å²) in [6, 6.07) is 0. The minimum absolute atomic E-state index is 0.0388. The first-order valence-corrected chi connectivity index (χ1v) is 10.3. The van der Waals surface area contributed by atoms with Crippen molar-refractivity contribution in [3.8, 4) is 0 Å². The van der Waals surface area contributed by atoms with Crippen LogP contribution in [-0.2, 0) is 19.6 Å². The van der Waals surface area contributed by atoms with E-state index in [1.807, 2.05) is 0 Å². The summed E-state index contributed by atoms with van der Waals surface area (Å²) >= 11 is 0. The molecule has 1 unspecified atom stereocenters. The summed E-state index contributed by atoms with van der Waals surface area (Å²) in [5, 5.41) is -1.48. The van der Waals surface area contributed by atoms with Crippen LogP contribution in [-0.4, -0.2) is 37.3 Å². The van der Waals surface area contributed by atoms with Crippen molar-refractivity contribution >= 4 is 16.1 Å². The zero-order chi connectivity index (χ0) is 17.6. The van der Waals surface area contributed by atoms with E-state index in [-0.39, 0.29) is 19.6 Å². The number of nitrogens with two attached hydrogens (primary N) is 1. The molecule has 0 amide bonds. The lowest BCUT2D eigenvalue weighted by Gasteiger charge is -2.12. The molecule has 0 spiro atoms. The zero-order valence-electron chi connectivity index (χ0n) is 14.3. The lowest BCUT2D eigenvalue weighted by Crippen LogP contribution is -2.32. The van der Waals surface area contributed by atoms with E-state index in [9.17, 15) is 13.2 Å². The molecule has 0 fully saturated rings. The average Bonchev–Trinajstić information content (AvgIpc) is 2.49. The largest absolute Gasteiger partial charge is 0.463 e. The molecular formula is C16H33NO5S. The third kappa shape index (κ3) is 12.4. The molecule has 0 aliphatic heterocycles. The molecule has 0 aromatic carbocycles. The molecule has 0 aromatic heterocycles. The topological polar surface area (TPSA) is 107 Å². The summed E-state index contributed by atoms with van der Waals surface area (Å²) in [5.41, 5.74) is 5.20. The number of esters is 1. The molecule has 0 heterocycles. The Balaban J connectivity index is 3.82. The number of carbonyl (C=O) groups is 1. The van der Waals surface area contributed by atoms with E-state index in [2.05, 4.69) is 6.92 Å². The van der Waals surface area contributed by atoms with Crippen LogP contribution in [0.5, 0.6) is 0 Å². The first kappa shape index (κ1) is 22.3. The number of rotatable bonds is 15. The third-order valence-electron chi connectivity index (χ3n) is 3.80. The Hall–Kier alpha value is -0.660. The lowest BCUT2D eigenvalue weighted by atomic mass is 10.1. The molecule has 0 aromatic rings. The van der Waals surface area contributed by atoms with Gasteiger partial charge >= 0.3 is 5.97 Å². The van der Waals surface area contributed by atoms with Gasteiger partial charge in [-0.15, -0.1) is 0 Å². The minimum Gasteiger partial charge on any atom is -0.463 e. The van der Waals surface area contributed by atoms with Crippen molar-refractivity contribution in [3.05, 3.63) is 0 Å². The van der Waals surface area contributed by atoms with Crippen molar-refractivity contribution in [1.29, 1.82) is 0 Å². The molecule has 6 nitrogen and oxygen atoms in total. The predicted molar refractivity (Wildman–Crippen MR) is 91.8 cm³/mol. The van der Waals surface area contributed by atoms with Crippen LogP contribution >= 0.6 is 0 Å². The van der Waals surface area contributed by atoms with Crippen LogP contribution in [0.4, 0.5) is 0 Å². The van der Waals surface area contributed by atoms with Crippen LogP contribution in [0.15, 0.2) is 0 Å². The zero-order valence-corrected chi connectivity index (χ0v) is 15.2. The van der Waals surface area contributed by atoms with Gasteiger partial charge in [0.2, 0.25) is 0 Å². The Morgan fingerprint density at radius 2 is 1.48 bits per heavy atom. The van der Waals surface area contributed by atoms with E-state index in [0.29, 0.717) is 6.42 Å². The highest BCUT2D eigenvalue weighted by molar-refractivity contribution is 7.87. The molecule has 3 N–H and O–H groups in total. The molecule has 0 aliphatic carbocycles. The van der Waals surface area contributed by atoms with E-state index in [4.69, 9.17) is 15.0 Å². The molecule has 0 saturated heterocycles. The summed E-state index contributed by atoms with van der Waals surface area (Å²) in [5.74, 6) is -0.908. The highest BCUT2D eigenvalue weighted by Gasteiger charge is 2.31. The Kier molecular flexibility index (Phi) is 13.4. The molecule has 1 atom stereocenters. The summed E-state index contributed by atoms with van der Waals surface area (Å²) in [7, 11) is -4.42. The summed E-state index contributed by atoms with van der Waals surface area (Å²) in [6.07, 6.45) is 11.3. The number of carbonyl (C=O) groups excluding carboxylic acids is 1. The van der Waals surface area contributed by atoms with Gasteiger partial charge in [-0.1, -0.05) is 71.1 Å². The molecule has 138 valence electrons. The fraction of sp³-hybridized carbons (Fsp3) is 0.938. The second-order valence-corrected chi connectivity index (χ2v) is 7.53. The maximum atomic E-state index is 11.6. The Bertz CT molecular complexity index is 397. The number of hydrogen-bond donors (Lipinski definition) is 2. The first-order chi connectivity index (χ1) is 10.9. The van der Waals surface area contributed by atoms with Gasteiger partial charge in [0.15, 0.2) is 5.25 Å². The number of ether oxygens (including phenoxy) is 1. The van der Waals surface area contributed by atoms with E-state index in [1.165, 1.54) is 38.5 Å². The normalized spacial score (nSPS) is 13.0. The van der Waals surface area contributed by atoms with Crippen LogP contribution in [0.1, 0.15) is 77.6 Å². The number of unbranched alkanes of at least 4 members (excludes halogenated alkanes) is 9. The van der Waals surface area contributed by atoms with E-state index < -0.39 is 21.3 Å². The van der Waals surface area contributed by atoms with Crippen molar-refractivity contribution in [1.82, 2.24) is 0 Å². The van der Waals surface area contributed by atoms with Crippen molar-refractivity contribution in [3.63, 3.8) is 0 Å². The van der Waals surface area contributed by atoms with Gasteiger partial charge < -0.3 is 10.5 Å². The third-order valence-corrected chi connectivity index (χ3v) is 4.95. The molecule has 0 bridgehead atoms. The quantitative estimate of drug-likeness (QED) is 0.267. The van der Waals surface area contributed by atoms with E-state index in [0.717, 1.165) is 19.3 Å². The second-order valence-electron chi connectivity index (χ2n) is 5.93. The first-order valence-electron chi connectivity index (χ1n) is 8.76. The van der Waals surface area contributed by atoms with Gasteiger partial charge in [0.05, 0.1) is 0 Å². The van der Waals surface area contributed by atoms with Gasteiger partial charge in [0, 0.05) is 6.54 Å². The lowest BCUT2D eigenvalue weighted by molar-refractivity contribution is -0.143. The van der Waals surface area contributed by atoms with Crippen LogP contribution in [0, 0.1) is 0 Å². The van der Waals surface area contributed by atoms with Gasteiger partial charge in [0.25, 0.3) is 10.1 Å². The SMILES string of the molecule is CCCCCCCCCCCCC(C(=O)OCCN)S(=O)(=O)O. The van der Waals surface area contributed by atoms with Crippen LogP contribution < -0.4 is 5.73 Å². The van der Waals surface area contributed by atoms with Gasteiger partial charge in [0.1, 0.15) is 6.61 Å². The second kappa shape index (κ2) is 13.7. The highest BCUT2D eigenvalue weighted by atomic mass is 32.2. The minimum atomic E-state index is -4.42. The van der Waals surface area contributed by atoms with Crippen LogP contribution in [0.2, 0.25) is 0 Å². The molecule has 0 saturated carbocycles. The number of hydrogen-bond acceptors (Lipinski definition) is 5. The van der Waals surface area contributed by atoms with Gasteiger partial charge in [-0.3, -0.25) is 9.35 Å². The standard InChI is InChI=1S/C16H33NO5S/c1-2-3-4-5-6-7-8-9-10-11-12-15(23(19,20)21)16(18)22-14-13-17/h15H,2-14,17H2,1H3,(H,19,20,21). The van der Waals surface area contributed by atoms with Crippen molar-refractivity contribution in [2.24, 2.45) is 5.73 Å². The Morgan fingerprint density at radius 3 is 1.91 bits per heavy atom. The molecule has 7 heteroatoms. The molecule has 23 heavy (non-hydrogen) atoms. The Labute approximate surface area is 140 Å². The van der Waals surface area contributed by atoms with Crippen LogP contribution in [0.25, 0.3) is 0 Å². The summed E-state index contributed by atoms with van der Waals surface area (Å²) < 4.78 is 36.4. The maximum absolute atomic E-state index is 11.6. The monoisotopic (exact) mass is 351 g/mol. The predicted octanol–water partition coefficient (Wildman–Crippen LogP) is 3.06. The smallest absolute Gasteiger partial charge is 0.326 e. The fourth-order valence-electron chi connectivity index (χ4n) is 2.46. The summed E-state index contributed by atoms with van der Waals surface area (Å²) in [4.78, 5) is 11.6. The highest BCUT2D eigenvalue weighted by Crippen LogP contribution is 2.15. The molecular weight excluding hydrogens is 318 g/mol. The average molecular weight is 352 g/mol. The molecule has 0 aliphatic rings. The van der Waals surface area contributed by atoms with Gasteiger partial charge in [-0.2, -0.15) is 8.42 Å². The van der Waals surface area contributed by atoms with Gasteiger partial charge in [-0.25, -0.2) is 0 Å². The fourth-order valence-corrected chi connectivity index (χ4v) is 3.23. The van der Waals surface area contributed by atoms with Crippen LogP contribution in [0.3, 0.4) is 0 Å². The Morgan fingerprint density at radius 1 is 1.00 bits per heavy atom. The van der Waals surface area contributed by atoms with E-state index >= 15 is 0 Å². The maximum Gasteiger partial charge on any atom is 0.326 e. The van der Waals surface area contributed by atoms with Crippen molar-refractivity contribution in [2.75, 3.05) is 13.2 Å². The van der Waals surface area contributed by atoms with Crippen molar-refractivity contribution in [2.45, 2.75) is 82.8 Å². The molecule has 0 rings (SSSR count). The molecule has 0 radical (unpaired) electrons.